The van der Waals surface area contributed by atoms with Crippen LogP contribution in [0.5, 0.6) is 5.75 Å². The van der Waals surface area contributed by atoms with E-state index in [1.54, 1.807) is 7.11 Å². The number of hydrogen-bond donors (Lipinski definition) is 1. The lowest BCUT2D eigenvalue weighted by molar-refractivity contribution is -0.138. The molecule has 2 rings (SSSR count). The molecule has 0 saturated heterocycles. The zero-order valence-corrected chi connectivity index (χ0v) is 12.7. The zero-order chi connectivity index (χ0) is 15.1. The van der Waals surface area contributed by atoms with Gasteiger partial charge in [0.05, 0.1) is 19.0 Å². The number of fused-ring (bicyclic) bond motifs is 1. The molecule has 0 aliphatic carbocycles. The van der Waals surface area contributed by atoms with Crippen LogP contribution in [0.2, 0.25) is 0 Å². The van der Waals surface area contributed by atoms with Gasteiger partial charge in [0.15, 0.2) is 0 Å². The summed E-state index contributed by atoms with van der Waals surface area (Å²) in [5.74, 6) is 0.0276. The van der Waals surface area contributed by atoms with Crippen LogP contribution < -0.4 is 4.74 Å². The summed E-state index contributed by atoms with van der Waals surface area (Å²) in [5.41, 5.74) is 2.75. The van der Waals surface area contributed by atoms with Crippen molar-refractivity contribution in [2.24, 2.45) is 7.05 Å². The SMILES string of the molecule is COc1cccc2c(C(C)(C)CC(=O)O)c(C)n(C)c12. The van der Waals surface area contributed by atoms with E-state index in [9.17, 15) is 4.79 Å². The highest BCUT2D eigenvalue weighted by atomic mass is 16.5. The molecule has 0 fully saturated rings. The van der Waals surface area contributed by atoms with E-state index >= 15 is 0 Å². The van der Waals surface area contributed by atoms with Crippen LogP contribution >= 0.6 is 0 Å². The Labute approximate surface area is 119 Å². The molecule has 0 bridgehead atoms. The first-order chi connectivity index (χ1) is 9.29. The number of carbonyl (C=O) groups is 1. The quantitative estimate of drug-likeness (QED) is 0.932. The molecule has 1 aromatic carbocycles. The van der Waals surface area contributed by atoms with Gasteiger partial charge in [0, 0.05) is 23.5 Å². The van der Waals surface area contributed by atoms with Crippen LogP contribution in [-0.4, -0.2) is 22.8 Å². The van der Waals surface area contributed by atoms with Crippen molar-refractivity contribution in [3.63, 3.8) is 0 Å². The Morgan fingerprint density at radius 3 is 2.60 bits per heavy atom. The van der Waals surface area contributed by atoms with Crippen molar-refractivity contribution in [2.45, 2.75) is 32.6 Å². The van der Waals surface area contributed by atoms with E-state index in [0.29, 0.717) is 0 Å². The number of hydrogen-bond acceptors (Lipinski definition) is 2. The maximum absolute atomic E-state index is 11.1. The van der Waals surface area contributed by atoms with Crippen molar-refractivity contribution in [1.82, 2.24) is 4.57 Å². The van der Waals surface area contributed by atoms with Crippen LogP contribution in [0.1, 0.15) is 31.5 Å². The van der Waals surface area contributed by atoms with Crippen molar-refractivity contribution in [1.29, 1.82) is 0 Å². The molecule has 1 aromatic heterocycles. The lowest BCUT2D eigenvalue weighted by atomic mass is 9.80. The van der Waals surface area contributed by atoms with Crippen LogP contribution in [-0.2, 0) is 17.3 Å². The van der Waals surface area contributed by atoms with Gasteiger partial charge in [-0.3, -0.25) is 4.79 Å². The van der Waals surface area contributed by atoms with Crippen LogP contribution in [0.15, 0.2) is 18.2 Å². The fourth-order valence-corrected chi connectivity index (χ4v) is 3.09. The summed E-state index contributed by atoms with van der Waals surface area (Å²) in [6.45, 7) is 5.98. The van der Waals surface area contributed by atoms with Crippen molar-refractivity contribution < 1.29 is 14.6 Å². The summed E-state index contributed by atoms with van der Waals surface area (Å²) >= 11 is 0. The van der Waals surface area contributed by atoms with Crippen LogP contribution in [0, 0.1) is 6.92 Å². The summed E-state index contributed by atoms with van der Waals surface area (Å²) in [7, 11) is 3.64. The number of aryl methyl sites for hydroxylation is 1. The van der Waals surface area contributed by atoms with Gasteiger partial charge in [-0.25, -0.2) is 0 Å². The Kier molecular flexibility index (Phi) is 3.50. The average Bonchev–Trinajstić information content (AvgIpc) is 2.61. The Bertz CT molecular complexity index is 668. The number of aliphatic carboxylic acids is 1. The Hall–Kier alpha value is -1.97. The largest absolute Gasteiger partial charge is 0.495 e. The molecule has 0 amide bonds. The molecule has 108 valence electrons. The molecule has 20 heavy (non-hydrogen) atoms. The van der Waals surface area contributed by atoms with Crippen molar-refractivity contribution in [3.8, 4) is 5.75 Å². The highest BCUT2D eigenvalue weighted by Crippen LogP contribution is 2.40. The molecule has 0 saturated carbocycles. The predicted molar refractivity (Wildman–Crippen MR) is 79.5 cm³/mol. The Morgan fingerprint density at radius 2 is 2.05 bits per heavy atom. The molecule has 4 nitrogen and oxygen atoms in total. The molecule has 0 aliphatic heterocycles. The molecule has 4 heteroatoms. The molecule has 0 aliphatic rings. The lowest BCUT2D eigenvalue weighted by Gasteiger charge is -2.23. The van der Waals surface area contributed by atoms with E-state index in [1.807, 2.05) is 46.0 Å². The van der Waals surface area contributed by atoms with Gasteiger partial charge in [-0.05, 0) is 18.6 Å². The van der Waals surface area contributed by atoms with Gasteiger partial charge in [0.1, 0.15) is 5.75 Å². The Morgan fingerprint density at radius 1 is 1.40 bits per heavy atom. The minimum Gasteiger partial charge on any atom is -0.495 e. The molecular formula is C16H21NO3. The monoisotopic (exact) mass is 275 g/mol. The molecule has 0 unspecified atom stereocenters. The molecule has 1 heterocycles. The third kappa shape index (κ3) is 2.15. The lowest BCUT2D eigenvalue weighted by Crippen LogP contribution is -2.22. The summed E-state index contributed by atoms with van der Waals surface area (Å²) in [6.07, 6.45) is 0.101. The minimum absolute atomic E-state index is 0.101. The van der Waals surface area contributed by atoms with Gasteiger partial charge in [-0.15, -0.1) is 0 Å². The number of para-hydroxylation sites is 1. The molecule has 0 radical (unpaired) electrons. The normalized spacial score (nSPS) is 11.8. The van der Waals surface area contributed by atoms with Gasteiger partial charge < -0.3 is 14.4 Å². The van der Waals surface area contributed by atoms with E-state index in [4.69, 9.17) is 9.84 Å². The van der Waals surface area contributed by atoms with Crippen molar-refractivity contribution >= 4 is 16.9 Å². The van der Waals surface area contributed by atoms with E-state index < -0.39 is 11.4 Å². The fourth-order valence-electron chi connectivity index (χ4n) is 3.09. The van der Waals surface area contributed by atoms with Gasteiger partial charge in [0.2, 0.25) is 0 Å². The van der Waals surface area contributed by atoms with Crippen LogP contribution in [0.25, 0.3) is 10.9 Å². The first-order valence-corrected chi connectivity index (χ1v) is 6.64. The Balaban J connectivity index is 2.78. The first kappa shape index (κ1) is 14.4. The van der Waals surface area contributed by atoms with Gasteiger partial charge in [-0.1, -0.05) is 26.0 Å². The summed E-state index contributed by atoms with van der Waals surface area (Å²) in [6, 6.07) is 5.90. The molecule has 0 spiro atoms. The molecular weight excluding hydrogens is 254 g/mol. The predicted octanol–water partition coefficient (Wildman–Crippen LogP) is 3.25. The number of nitrogens with zero attached hydrogens (tertiary/aromatic N) is 1. The summed E-state index contributed by atoms with van der Waals surface area (Å²) in [5, 5.41) is 10.2. The standard InChI is InChI=1S/C16H21NO3/c1-10-14(16(2,3)9-13(18)19)11-7-6-8-12(20-5)15(11)17(10)4/h6-8H,9H2,1-5H3,(H,18,19). The van der Waals surface area contributed by atoms with Crippen molar-refractivity contribution in [3.05, 3.63) is 29.5 Å². The third-order valence-corrected chi connectivity index (χ3v) is 3.96. The smallest absolute Gasteiger partial charge is 0.304 e. The second-order valence-corrected chi connectivity index (χ2v) is 5.83. The first-order valence-electron chi connectivity index (χ1n) is 6.64. The van der Waals surface area contributed by atoms with E-state index in [0.717, 1.165) is 27.9 Å². The van der Waals surface area contributed by atoms with Crippen LogP contribution in [0.4, 0.5) is 0 Å². The molecule has 0 atom stereocenters. The average molecular weight is 275 g/mol. The second-order valence-electron chi connectivity index (χ2n) is 5.83. The van der Waals surface area contributed by atoms with Gasteiger partial charge >= 0.3 is 5.97 Å². The van der Waals surface area contributed by atoms with Crippen molar-refractivity contribution in [2.75, 3.05) is 7.11 Å². The van der Waals surface area contributed by atoms with Gasteiger partial charge in [-0.2, -0.15) is 0 Å². The molecule has 2 aromatic rings. The van der Waals surface area contributed by atoms with E-state index in [2.05, 4.69) is 4.57 Å². The molecule has 1 N–H and O–H groups in total. The number of ether oxygens (including phenoxy) is 1. The fraction of sp³-hybridized carbons (Fsp3) is 0.438. The summed E-state index contributed by atoms with van der Waals surface area (Å²) < 4.78 is 7.51. The topological polar surface area (TPSA) is 51.5 Å². The maximum Gasteiger partial charge on any atom is 0.304 e. The number of methoxy groups -OCH3 is 1. The number of rotatable bonds is 4. The second kappa shape index (κ2) is 4.85. The van der Waals surface area contributed by atoms with Crippen LogP contribution in [0.3, 0.4) is 0 Å². The number of benzene rings is 1. The number of carboxylic acids is 1. The van der Waals surface area contributed by atoms with E-state index in [-0.39, 0.29) is 6.42 Å². The summed E-state index contributed by atoms with van der Waals surface area (Å²) in [4.78, 5) is 11.1. The minimum atomic E-state index is -0.783. The maximum atomic E-state index is 11.1. The number of carboxylic acid groups (broad SMARTS) is 1. The van der Waals surface area contributed by atoms with E-state index in [1.165, 1.54) is 0 Å². The van der Waals surface area contributed by atoms with Gasteiger partial charge in [0.25, 0.3) is 0 Å². The third-order valence-electron chi connectivity index (χ3n) is 3.96. The number of aromatic nitrogens is 1. The highest BCUT2D eigenvalue weighted by Gasteiger charge is 2.30. The zero-order valence-electron chi connectivity index (χ0n) is 12.7. The highest BCUT2D eigenvalue weighted by molar-refractivity contribution is 5.91.